The standard InChI is InChI=1S/C49H27N3S2/c1-2-12-30-24-34(23-20-28(30)10-1)47-50-48(37-17-9-19-41-44(37)36-16-7-8-18-40(36)53-41)52-49(51-47)39-26-33-22-21-29-11-5-6-15-35(29)43(33)46-45(39)38-25-31-13-3-4-14-32(31)27-42(38)54-46/h1-27H. The van der Waals surface area contributed by atoms with Gasteiger partial charge in [-0.05, 0) is 74.1 Å². The molecule has 0 aliphatic rings. The second-order valence-electron chi connectivity index (χ2n) is 14.0. The van der Waals surface area contributed by atoms with Crippen molar-refractivity contribution in [2.24, 2.45) is 0 Å². The summed E-state index contributed by atoms with van der Waals surface area (Å²) in [6.07, 6.45) is 0. The van der Waals surface area contributed by atoms with Gasteiger partial charge in [0, 0.05) is 62.4 Å². The van der Waals surface area contributed by atoms with Crippen LogP contribution in [-0.2, 0) is 0 Å². The van der Waals surface area contributed by atoms with Gasteiger partial charge in [0.15, 0.2) is 17.5 Å². The molecule has 12 rings (SSSR count). The fraction of sp³-hybridized carbons (Fsp3) is 0. The van der Waals surface area contributed by atoms with E-state index in [2.05, 4.69) is 164 Å². The van der Waals surface area contributed by atoms with Crippen LogP contribution >= 0.6 is 22.7 Å². The van der Waals surface area contributed by atoms with Gasteiger partial charge in [0.2, 0.25) is 0 Å². The zero-order valence-electron chi connectivity index (χ0n) is 28.7. The van der Waals surface area contributed by atoms with Gasteiger partial charge in [0.1, 0.15) is 0 Å². The third-order valence-corrected chi connectivity index (χ3v) is 13.1. The van der Waals surface area contributed by atoms with Gasteiger partial charge < -0.3 is 0 Å². The Morgan fingerprint density at radius 2 is 0.944 bits per heavy atom. The largest absolute Gasteiger partial charge is 0.208 e. The maximum Gasteiger partial charge on any atom is 0.164 e. The van der Waals surface area contributed by atoms with Crippen molar-refractivity contribution in [2.45, 2.75) is 0 Å². The summed E-state index contributed by atoms with van der Waals surface area (Å²) in [7, 11) is 0. The lowest BCUT2D eigenvalue weighted by atomic mass is 9.95. The first-order chi connectivity index (χ1) is 26.7. The Labute approximate surface area is 317 Å². The Bertz CT molecular complexity index is 3520. The molecule has 0 aliphatic heterocycles. The van der Waals surface area contributed by atoms with Crippen molar-refractivity contribution < 1.29 is 0 Å². The van der Waals surface area contributed by atoms with Crippen molar-refractivity contribution in [1.82, 2.24) is 15.0 Å². The zero-order valence-corrected chi connectivity index (χ0v) is 30.4. The summed E-state index contributed by atoms with van der Waals surface area (Å²) in [5.41, 5.74) is 2.99. The highest BCUT2D eigenvalue weighted by molar-refractivity contribution is 7.27. The molecule has 0 bridgehead atoms. The van der Waals surface area contributed by atoms with Crippen molar-refractivity contribution >= 4 is 106 Å². The summed E-state index contributed by atoms with van der Waals surface area (Å²) < 4.78 is 4.98. The normalized spacial score (nSPS) is 12.1. The second-order valence-corrected chi connectivity index (χ2v) is 16.1. The molecule has 3 aromatic heterocycles. The first-order valence-corrected chi connectivity index (χ1v) is 19.7. The van der Waals surface area contributed by atoms with Gasteiger partial charge >= 0.3 is 0 Å². The molecule has 9 aromatic carbocycles. The van der Waals surface area contributed by atoms with Crippen LogP contribution in [0.4, 0.5) is 0 Å². The Balaban J connectivity index is 1.22. The van der Waals surface area contributed by atoms with Gasteiger partial charge in [0.05, 0.1) is 0 Å². The van der Waals surface area contributed by atoms with Crippen LogP contribution in [-0.4, -0.2) is 15.0 Å². The Kier molecular flexibility index (Phi) is 6.38. The molecule has 0 fully saturated rings. The number of thiophene rings is 2. The van der Waals surface area contributed by atoms with E-state index in [1.807, 2.05) is 22.7 Å². The van der Waals surface area contributed by atoms with Crippen LogP contribution in [0.2, 0.25) is 0 Å². The molecule has 0 spiro atoms. The number of benzene rings is 9. The molecule has 5 heteroatoms. The van der Waals surface area contributed by atoms with Crippen molar-refractivity contribution in [3.63, 3.8) is 0 Å². The summed E-state index contributed by atoms with van der Waals surface area (Å²) in [6.45, 7) is 0. The summed E-state index contributed by atoms with van der Waals surface area (Å²) in [5.74, 6) is 2.01. The van der Waals surface area contributed by atoms with E-state index < -0.39 is 0 Å². The minimum atomic E-state index is 0.661. The summed E-state index contributed by atoms with van der Waals surface area (Å²) >= 11 is 3.68. The molecule has 3 heterocycles. The Morgan fingerprint density at radius 1 is 0.315 bits per heavy atom. The summed E-state index contributed by atoms with van der Waals surface area (Å²) in [5, 5.41) is 14.5. The third-order valence-electron chi connectivity index (χ3n) is 10.8. The van der Waals surface area contributed by atoms with Gasteiger partial charge in [-0.3, -0.25) is 0 Å². The lowest BCUT2D eigenvalue weighted by Gasteiger charge is -2.13. The van der Waals surface area contributed by atoms with Crippen molar-refractivity contribution in [1.29, 1.82) is 0 Å². The number of hydrogen-bond acceptors (Lipinski definition) is 5. The predicted molar refractivity (Wildman–Crippen MR) is 232 cm³/mol. The first-order valence-electron chi connectivity index (χ1n) is 18.1. The van der Waals surface area contributed by atoms with Crippen molar-refractivity contribution in [2.75, 3.05) is 0 Å². The highest BCUT2D eigenvalue weighted by Gasteiger charge is 2.22. The molecule has 250 valence electrons. The van der Waals surface area contributed by atoms with Gasteiger partial charge in [0.25, 0.3) is 0 Å². The minimum absolute atomic E-state index is 0.661. The molecule has 3 nitrogen and oxygen atoms in total. The number of aromatic nitrogens is 3. The van der Waals surface area contributed by atoms with Gasteiger partial charge in [-0.15, -0.1) is 22.7 Å². The molecule has 0 unspecified atom stereocenters. The maximum absolute atomic E-state index is 5.45. The van der Waals surface area contributed by atoms with Crippen LogP contribution in [0.25, 0.3) is 118 Å². The maximum atomic E-state index is 5.45. The van der Waals surface area contributed by atoms with E-state index in [0.29, 0.717) is 17.5 Å². The van der Waals surface area contributed by atoms with Crippen LogP contribution in [0.5, 0.6) is 0 Å². The lowest BCUT2D eigenvalue weighted by molar-refractivity contribution is 1.08. The van der Waals surface area contributed by atoms with Crippen LogP contribution in [0.3, 0.4) is 0 Å². The molecular weight excluding hydrogens is 695 g/mol. The number of hydrogen-bond donors (Lipinski definition) is 0. The monoisotopic (exact) mass is 721 g/mol. The van der Waals surface area contributed by atoms with E-state index in [-0.39, 0.29) is 0 Å². The van der Waals surface area contributed by atoms with Crippen LogP contribution in [0, 0.1) is 0 Å². The SMILES string of the molecule is c1ccc2cc(-c3nc(-c4cccc5sc6ccccc6c45)nc(-c4cc5ccc6ccccc6c5c5sc6cc7ccccc7cc6c45)n3)ccc2c1. The highest BCUT2D eigenvalue weighted by atomic mass is 32.1. The van der Waals surface area contributed by atoms with Crippen LogP contribution in [0.15, 0.2) is 164 Å². The highest BCUT2D eigenvalue weighted by Crippen LogP contribution is 2.47. The molecule has 0 radical (unpaired) electrons. The van der Waals surface area contributed by atoms with Crippen molar-refractivity contribution in [3.8, 4) is 34.2 Å². The van der Waals surface area contributed by atoms with Gasteiger partial charge in [-0.2, -0.15) is 0 Å². The van der Waals surface area contributed by atoms with Gasteiger partial charge in [-0.25, -0.2) is 15.0 Å². The molecule has 0 atom stereocenters. The van der Waals surface area contributed by atoms with Crippen molar-refractivity contribution in [3.05, 3.63) is 164 Å². The van der Waals surface area contributed by atoms with Gasteiger partial charge in [-0.1, -0.05) is 127 Å². The van der Waals surface area contributed by atoms with E-state index in [0.717, 1.165) is 22.1 Å². The third kappa shape index (κ3) is 4.49. The summed E-state index contributed by atoms with van der Waals surface area (Å²) in [4.78, 5) is 16.1. The molecule has 0 aliphatic carbocycles. The average Bonchev–Trinajstić information content (AvgIpc) is 3.80. The quantitative estimate of drug-likeness (QED) is 0.171. The van der Waals surface area contributed by atoms with E-state index in [1.165, 1.54) is 78.0 Å². The van der Waals surface area contributed by atoms with Crippen LogP contribution < -0.4 is 0 Å². The second kappa shape index (κ2) is 11.5. The Morgan fingerprint density at radius 3 is 1.80 bits per heavy atom. The topological polar surface area (TPSA) is 38.7 Å². The van der Waals surface area contributed by atoms with E-state index in [9.17, 15) is 0 Å². The van der Waals surface area contributed by atoms with E-state index >= 15 is 0 Å². The summed E-state index contributed by atoms with van der Waals surface area (Å²) in [6, 6.07) is 59.0. The zero-order chi connectivity index (χ0) is 35.3. The van der Waals surface area contributed by atoms with E-state index in [4.69, 9.17) is 15.0 Å². The number of rotatable bonds is 3. The molecule has 0 amide bonds. The molecule has 0 saturated heterocycles. The number of nitrogens with zero attached hydrogens (tertiary/aromatic N) is 3. The van der Waals surface area contributed by atoms with E-state index in [1.54, 1.807) is 0 Å². The Hall–Kier alpha value is -6.53. The fourth-order valence-electron chi connectivity index (χ4n) is 8.33. The predicted octanol–water partition coefficient (Wildman–Crippen LogP) is 14.2. The lowest BCUT2D eigenvalue weighted by Crippen LogP contribution is -2.01. The average molecular weight is 722 g/mol. The molecule has 12 aromatic rings. The van der Waals surface area contributed by atoms with Crippen LogP contribution in [0.1, 0.15) is 0 Å². The molecular formula is C49H27N3S2. The fourth-order valence-corrected chi connectivity index (χ4v) is 10.8. The molecule has 0 saturated carbocycles. The first kappa shape index (κ1) is 30.0. The molecule has 0 N–H and O–H groups in total. The molecule has 54 heavy (non-hydrogen) atoms. The smallest absolute Gasteiger partial charge is 0.164 e. The minimum Gasteiger partial charge on any atom is -0.208 e. The number of fused-ring (bicyclic) bond motifs is 12.